The molecule has 0 amide bonds. The molecule has 0 saturated carbocycles. The maximum Gasteiger partial charge on any atom is 0.121 e. The van der Waals surface area contributed by atoms with Gasteiger partial charge in [0.2, 0.25) is 0 Å². The molecule has 2 unspecified atom stereocenters. The van der Waals surface area contributed by atoms with Crippen LogP contribution < -0.4 is 0 Å². The Kier molecular flexibility index (Phi) is 3.82. The fraction of sp³-hybridized carbons (Fsp3) is 0.571. The fourth-order valence-electron chi connectivity index (χ4n) is 2.96. The maximum absolute atomic E-state index is 9.32. The van der Waals surface area contributed by atoms with Gasteiger partial charge in [0.15, 0.2) is 0 Å². The molecule has 0 bridgehead atoms. The number of methoxy groups -OCH3 is 2. The average molecular weight is 236 g/mol. The molecule has 1 N–H and O–H groups in total. The van der Waals surface area contributed by atoms with E-state index in [2.05, 4.69) is 12.1 Å². The molecule has 1 aliphatic carbocycles. The van der Waals surface area contributed by atoms with E-state index in [0.717, 1.165) is 18.4 Å². The minimum absolute atomic E-state index is 0.00884. The third kappa shape index (κ3) is 1.99. The molecule has 1 aromatic rings. The molecule has 0 aromatic heterocycles. The fourth-order valence-corrected chi connectivity index (χ4v) is 2.96. The number of hydrogen-bond donors (Lipinski definition) is 1. The second-order valence-corrected chi connectivity index (χ2v) is 4.49. The standard InChI is InChI=1S/C14H20O3/c1-16-13-8-7-11-5-3-4-6-12(11)14(13,17-2)9-10-15/h3-6,13,15H,7-10H2,1-2H3. The molecule has 2 rings (SSSR count). The van der Waals surface area contributed by atoms with Gasteiger partial charge in [0.05, 0.1) is 6.10 Å². The molecule has 3 heteroatoms. The lowest BCUT2D eigenvalue weighted by Crippen LogP contribution is -2.46. The van der Waals surface area contributed by atoms with Gasteiger partial charge in [-0.15, -0.1) is 0 Å². The van der Waals surface area contributed by atoms with Gasteiger partial charge in [-0.05, 0) is 24.0 Å². The Bertz CT molecular complexity index is 377. The number of aryl methyl sites for hydroxylation is 1. The van der Waals surface area contributed by atoms with Crippen molar-refractivity contribution in [3.63, 3.8) is 0 Å². The van der Waals surface area contributed by atoms with Crippen LogP contribution in [0.2, 0.25) is 0 Å². The summed E-state index contributed by atoms with van der Waals surface area (Å²) in [6.45, 7) is 0.0992. The van der Waals surface area contributed by atoms with E-state index in [1.165, 1.54) is 5.56 Å². The highest BCUT2D eigenvalue weighted by Gasteiger charge is 2.44. The lowest BCUT2D eigenvalue weighted by molar-refractivity contribution is -0.141. The van der Waals surface area contributed by atoms with Crippen LogP contribution in [0.25, 0.3) is 0 Å². The molecule has 3 nitrogen and oxygen atoms in total. The molecule has 2 atom stereocenters. The lowest BCUT2D eigenvalue weighted by Gasteiger charge is -2.43. The van der Waals surface area contributed by atoms with Crippen LogP contribution >= 0.6 is 0 Å². The highest BCUT2D eigenvalue weighted by atomic mass is 16.5. The van der Waals surface area contributed by atoms with Gasteiger partial charge in [-0.3, -0.25) is 0 Å². The predicted molar refractivity (Wildman–Crippen MR) is 65.9 cm³/mol. The Morgan fingerprint density at radius 3 is 2.76 bits per heavy atom. The van der Waals surface area contributed by atoms with Crippen molar-refractivity contribution in [2.75, 3.05) is 20.8 Å². The molecule has 0 fully saturated rings. The predicted octanol–water partition coefficient (Wildman–Crippen LogP) is 1.87. The van der Waals surface area contributed by atoms with Gasteiger partial charge in [0.1, 0.15) is 5.60 Å². The SMILES string of the molecule is COC1CCc2ccccc2C1(CCO)OC. The van der Waals surface area contributed by atoms with Crippen molar-refractivity contribution >= 4 is 0 Å². The Labute approximate surface area is 102 Å². The second kappa shape index (κ2) is 5.17. The largest absolute Gasteiger partial charge is 0.396 e. The van der Waals surface area contributed by atoms with Crippen LogP contribution in [0.1, 0.15) is 24.0 Å². The van der Waals surface area contributed by atoms with E-state index >= 15 is 0 Å². The normalized spacial score (nSPS) is 27.8. The van der Waals surface area contributed by atoms with E-state index in [-0.39, 0.29) is 12.7 Å². The minimum Gasteiger partial charge on any atom is -0.396 e. The van der Waals surface area contributed by atoms with Gasteiger partial charge in [-0.25, -0.2) is 0 Å². The Morgan fingerprint density at radius 2 is 2.12 bits per heavy atom. The molecule has 0 saturated heterocycles. The summed E-state index contributed by atoms with van der Waals surface area (Å²) in [5.74, 6) is 0. The van der Waals surface area contributed by atoms with Crippen molar-refractivity contribution in [3.05, 3.63) is 35.4 Å². The van der Waals surface area contributed by atoms with E-state index in [1.54, 1.807) is 14.2 Å². The Hall–Kier alpha value is -0.900. The Balaban J connectivity index is 2.49. The first kappa shape index (κ1) is 12.6. The molecule has 0 heterocycles. The zero-order valence-electron chi connectivity index (χ0n) is 10.5. The first-order valence-corrected chi connectivity index (χ1v) is 6.05. The van der Waals surface area contributed by atoms with E-state index in [4.69, 9.17) is 9.47 Å². The number of aliphatic hydroxyl groups is 1. The zero-order valence-corrected chi connectivity index (χ0v) is 10.5. The van der Waals surface area contributed by atoms with Crippen LogP contribution in [-0.4, -0.2) is 32.0 Å². The summed E-state index contributed by atoms with van der Waals surface area (Å²) in [5, 5.41) is 9.32. The molecule has 17 heavy (non-hydrogen) atoms. The van der Waals surface area contributed by atoms with Gasteiger partial charge < -0.3 is 14.6 Å². The van der Waals surface area contributed by atoms with Gasteiger partial charge in [0, 0.05) is 27.2 Å². The summed E-state index contributed by atoms with van der Waals surface area (Å²) in [6.07, 6.45) is 2.51. The number of ether oxygens (including phenoxy) is 2. The number of benzene rings is 1. The first-order valence-electron chi connectivity index (χ1n) is 6.05. The quantitative estimate of drug-likeness (QED) is 0.867. The van der Waals surface area contributed by atoms with Crippen LogP contribution in [0.5, 0.6) is 0 Å². The topological polar surface area (TPSA) is 38.7 Å². The van der Waals surface area contributed by atoms with Crippen LogP contribution in [0.3, 0.4) is 0 Å². The smallest absolute Gasteiger partial charge is 0.121 e. The van der Waals surface area contributed by atoms with Crippen LogP contribution in [-0.2, 0) is 21.5 Å². The molecule has 94 valence electrons. The van der Waals surface area contributed by atoms with Crippen molar-refractivity contribution in [2.24, 2.45) is 0 Å². The molecule has 0 radical (unpaired) electrons. The highest BCUT2D eigenvalue weighted by Crippen LogP contribution is 2.41. The molecular weight excluding hydrogens is 216 g/mol. The summed E-state index contributed by atoms with van der Waals surface area (Å²) >= 11 is 0. The molecular formula is C14H20O3. The summed E-state index contributed by atoms with van der Waals surface area (Å²) in [6, 6.07) is 8.28. The van der Waals surface area contributed by atoms with E-state index < -0.39 is 5.60 Å². The van der Waals surface area contributed by atoms with Crippen LogP contribution in [0.15, 0.2) is 24.3 Å². The van der Waals surface area contributed by atoms with Gasteiger partial charge in [-0.1, -0.05) is 24.3 Å². The number of rotatable bonds is 4. The van der Waals surface area contributed by atoms with Crippen molar-refractivity contribution in [1.82, 2.24) is 0 Å². The summed E-state index contributed by atoms with van der Waals surface area (Å²) in [5.41, 5.74) is 1.96. The number of hydrogen-bond acceptors (Lipinski definition) is 3. The van der Waals surface area contributed by atoms with E-state index in [9.17, 15) is 5.11 Å². The summed E-state index contributed by atoms with van der Waals surface area (Å²) in [4.78, 5) is 0. The molecule has 1 aliphatic rings. The van der Waals surface area contributed by atoms with Crippen molar-refractivity contribution in [1.29, 1.82) is 0 Å². The van der Waals surface area contributed by atoms with Crippen LogP contribution in [0.4, 0.5) is 0 Å². The van der Waals surface area contributed by atoms with Gasteiger partial charge in [0.25, 0.3) is 0 Å². The van der Waals surface area contributed by atoms with Crippen molar-refractivity contribution in [2.45, 2.75) is 31.0 Å². The zero-order chi connectivity index (χ0) is 12.3. The molecule has 1 aromatic carbocycles. The average Bonchev–Trinajstić information content (AvgIpc) is 2.39. The van der Waals surface area contributed by atoms with Gasteiger partial charge >= 0.3 is 0 Å². The first-order chi connectivity index (χ1) is 8.28. The maximum atomic E-state index is 9.32. The molecule has 0 aliphatic heterocycles. The van der Waals surface area contributed by atoms with Crippen molar-refractivity contribution in [3.8, 4) is 0 Å². The summed E-state index contributed by atoms with van der Waals surface area (Å²) in [7, 11) is 3.41. The number of aliphatic hydroxyl groups excluding tert-OH is 1. The van der Waals surface area contributed by atoms with Crippen molar-refractivity contribution < 1.29 is 14.6 Å². The minimum atomic E-state index is -0.502. The van der Waals surface area contributed by atoms with E-state index in [0.29, 0.717) is 6.42 Å². The summed E-state index contributed by atoms with van der Waals surface area (Å²) < 4.78 is 11.3. The monoisotopic (exact) mass is 236 g/mol. The highest BCUT2D eigenvalue weighted by molar-refractivity contribution is 5.36. The lowest BCUT2D eigenvalue weighted by atomic mass is 9.75. The third-order valence-electron chi connectivity index (χ3n) is 3.80. The Morgan fingerprint density at radius 1 is 1.35 bits per heavy atom. The van der Waals surface area contributed by atoms with E-state index in [1.807, 2.05) is 12.1 Å². The van der Waals surface area contributed by atoms with Gasteiger partial charge in [-0.2, -0.15) is 0 Å². The molecule has 0 spiro atoms. The van der Waals surface area contributed by atoms with Crippen LogP contribution in [0, 0.1) is 0 Å². The third-order valence-corrected chi connectivity index (χ3v) is 3.80. The number of fused-ring (bicyclic) bond motifs is 1. The second-order valence-electron chi connectivity index (χ2n) is 4.49.